The zero-order valence-electron chi connectivity index (χ0n) is 11.9. The van der Waals surface area contributed by atoms with Gasteiger partial charge in [-0.05, 0) is 41.8 Å². The van der Waals surface area contributed by atoms with E-state index in [0.717, 1.165) is 0 Å². The van der Waals surface area contributed by atoms with Crippen LogP contribution in [0, 0.1) is 16.0 Å². The zero-order valence-corrected chi connectivity index (χ0v) is 13.4. The molecule has 1 aliphatic rings. The van der Waals surface area contributed by atoms with Crippen LogP contribution in [-0.2, 0) is 4.79 Å². The van der Waals surface area contributed by atoms with Gasteiger partial charge in [-0.1, -0.05) is 0 Å². The molecule has 2 rings (SSSR count). The SMILES string of the molecule is CC1CCC(C(=O)O)CN1C(=O)c1ccc([N+](=O)[O-])cc1Br. The van der Waals surface area contributed by atoms with Crippen LogP contribution in [0.15, 0.2) is 22.7 Å². The fourth-order valence-corrected chi connectivity index (χ4v) is 3.07. The highest BCUT2D eigenvalue weighted by atomic mass is 79.9. The summed E-state index contributed by atoms with van der Waals surface area (Å²) in [5.41, 5.74) is 0.182. The summed E-state index contributed by atoms with van der Waals surface area (Å²) in [7, 11) is 0. The number of hydrogen-bond acceptors (Lipinski definition) is 4. The first-order chi connectivity index (χ1) is 10.3. The number of carbonyl (C=O) groups excluding carboxylic acids is 1. The lowest BCUT2D eigenvalue weighted by molar-refractivity contribution is -0.384. The van der Waals surface area contributed by atoms with E-state index in [1.807, 2.05) is 6.92 Å². The van der Waals surface area contributed by atoms with E-state index in [4.69, 9.17) is 5.11 Å². The number of halogens is 1. The van der Waals surface area contributed by atoms with Crippen molar-refractivity contribution in [3.63, 3.8) is 0 Å². The highest BCUT2D eigenvalue weighted by Gasteiger charge is 2.33. The molecule has 1 N–H and O–H groups in total. The predicted molar refractivity (Wildman–Crippen MR) is 81.7 cm³/mol. The van der Waals surface area contributed by atoms with Gasteiger partial charge in [0.2, 0.25) is 0 Å². The van der Waals surface area contributed by atoms with Crippen molar-refractivity contribution < 1.29 is 19.6 Å². The predicted octanol–water partition coefficient (Wildman–Crippen LogP) is 2.68. The van der Waals surface area contributed by atoms with E-state index < -0.39 is 16.8 Å². The van der Waals surface area contributed by atoms with E-state index in [0.29, 0.717) is 22.9 Å². The largest absolute Gasteiger partial charge is 0.481 e. The smallest absolute Gasteiger partial charge is 0.308 e. The van der Waals surface area contributed by atoms with Crippen molar-refractivity contribution in [2.75, 3.05) is 6.54 Å². The molecule has 0 aliphatic carbocycles. The summed E-state index contributed by atoms with van der Waals surface area (Å²) < 4.78 is 0.330. The summed E-state index contributed by atoms with van der Waals surface area (Å²) >= 11 is 3.18. The summed E-state index contributed by atoms with van der Waals surface area (Å²) in [6.45, 7) is 2.02. The number of benzene rings is 1. The Labute approximate surface area is 135 Å². The fraction of sp³-hybridized carbons (Fsp3) is 0.429. The number of carboxylic acid groups (broad SMARTS) is 1. The van der Waals surface area contributed by atoms with Crippen LogP contribution in [-0.4, -0.2) is 39.4 Å². The van der Waals surface area contributed by atoms with Gasteiger partial charge in [-0.25, -0.2) is 0 Å². The molecule has 1 aromatic carbocycles. The molecule has 0 bridgehead atoms. The quantitative estimate of drug-likeness (QED) is 0.650. The van der Waals surface area contributed by atoms with Crippen molar-refractivity contribution in [2.24, 2.45) is 5.92 Å². The summed E-state index contributed by atoms with van der Waals surface area (Å²) in [6, 6.07) is 3.87. The molecule has 0 spiro atoms. The Morgan fingerprint density at radius 2 is 2.09 bits per heavy atom. The van der Waals surface area contributed by atoms with E-state index in [1.165, 1.54) is 23.1 Å². The molecule has 1 heterocycles. The monoisotopic (exact) mass is 370 g/mol. The normalized spacial score (nSPS) is 21.5. The van der Waals surface area contributed by atoms with Crippen molar-refractivity contribution in [3.05, 3.63) is 38.3 Å². The number of likely N-dealkylation sites (tertiary alicyclic amines) is 1. The number of hydrogen-bond donors (Lipinski definition) is 1. The minimum absolute atomic E-state index is 0.0646. The number of aliphatic carboxylic acids is 1. The summed E-state index contributed by atoms with van der Waals surface area (Å²) in [5.74, 6) is -1.80. The molecule has 7 nitrogen and oxygen atoms in total. The molecule has 1 aliphatic heterocycles. The van der Waals surface area contributed by atoms with Crippen LogP contribution in [0.2, 0.25) is 0 Å². The lowest BCUT2D eigenvalue weighted by Crippen LogP contribution is -2.47. The third kappa shape index (κ3) is 3.27. The Morgan fingerprint density at radius 3 is 2.64 bits per heavy atom. The maximum Gasteiger partial charge on any atom is 0.308 e. The Kier molecular flexibility index (Phi) is 4.80. The van der Waals surface area contributed by atoms with Gasteiger partial charge in [-0.3, -0.25) is 19.7 Å². The van der Waals surface area contributed by atoms with E-state index in [9.17, 15) is 19.7 Å². The lowest BCUT2D eigenvalue weighted by Gasteiger charge is -2.36. The van der Waals surface area contributed by atoms with Crippen LogP contribution in [0.25, 0.3) is 0 Å². The fourth-order valence-electron chi connectivity index (χ4n) is 2.54. The molecule has 1 saturated heterocycles. The molecule has 0 aromatic heterocycles. The number of nitro benzene ring substituents is 1. The number of nitrogens with zero attached hydrogens (tertiary/aromatic N) is 2. The Balaban J connectivity index is 2.26. The first kappa shape index (κ1) is 16.4. The number of amides is 1. The Morgan fingerprint density at radius 1 is 1.41 bits per heavy atom. The van der Waals surface area contributed by atoms with Gasteiger partial charge in [0.05, 0.1) is 16.4 Å². The van der Waals surface area contributed by atoms with Crippen molar-refractivity contribution >= 4 is 33.5 Å². The zero-order chi connectivity index (χ0) is 16.4. The summed E-state index contributed by atoms with van der Waals surface area (Å²) in [4.78, 5) is 35.5. The van der Waals surface area contributed by atoms with E-state index >= 15 is 0 Å². The van der Waals surface area contributed by atoms with Gasteiger partial charge in [-0.2, -0.15) is 0 Å². The third-order valence-corrected chi connectivity index (χ3v) is 4.54. The van der Waals surface area contributed by atoms with Gasteiger partial charge in [0.15, 0.2) is 0 Å². The standard InChI is InChI=1S/C14H15BrN2O5/c1-8-2-3-9(14(19)20)7-16(8)13(18)11-5-4-10(17(21)22)6-12(11)15/h4-6,8-9H,2-3,7H2,1H3,(H,19,20). The molecule has 0 saturated carbocycles. The molecule has 22 heavy (non-hydrogen) atoms. The first-order valence-electron chi connectivity index (χ1n) is 6.79. The molecule has 1 aromatic rings. The summed E-state index contributed by atoms with van der Waals surface area (Å²) in [6.07, 6.45) is 1.16. The molecule has 118 valence electrons. The molecule has 8 heteroatoms. The topological polar surface area (TPSA) is 101 Å². The number of rotatable bonds is 3. The maximum absolute atomic E-state index is 12.6. The summed E-state index contributed by atoms with van der Waals surface area (Å²) in [5, 5.41) is 19.9. The first-order valence-corrected chi connectivity index (χ1v) is 7.58. The highest BCUT2D eigenvalue weighted by molar-refractivity contribution is 9.10. The van der Waals surface area contributed by atoms with Crippen molar-refractivity contribution in [3.8, 4) is 0 Å². The second kappa shape index (κ2) is 6.43. The van der Waals surface area contributed by atoms with Gasteiger partial charge in [0.25, 0.3) is 11.6 Å². The average Bonchev–Trinajstić information content (AvgIpc) is 2.46. The van der Waals surface area contributed by atoms with Crippen LogP contribution in [0.5, 0.6) is 0 Å². The molecule has 2 unspecified atom stereocenters. The number of piperidine rings is 1. The van der Waals surface area contributed by atoms with E-state index in [2.05, 4.69) is 15.9 Å². The van der Waals surface area contributed by atoms with Crippen molar-refractivity contribution in [1.29, 1.82) is 0 Å². The van der Waals surface area contributed by atoms with Crippen LogP contribution < -0.4 is 0 Å². The third-order valence-electron chi connectivity index (χ3n) is 3.89. The maximum atomic E-state index is 12.6. The molecule has 1 amide bonds. The minimum atomic E-state index is -0.910. The second-order valence-corrected chi connectivity index (χ2v) is 6.19. The Hall–Kier alpha value is -1.96. The lowest BCUT2D eigenvalue weighted by atomic mass is 9.93. The molecular weight excluding hydrogens is 356 g/mol. The van der Waals surface area contributed by atoms with Crippen LogP contribution in [0.3, 0.4) is 0 Å². The second-order valence-electron chi connectivity index (χ2n) is 5.34. The van der Waals surface area contributed by atoms with Crippen LogP contribution >= 0.6 is 15.9 Å². The highest BCUT2D eigenvalue weighted by Crippen LogP contribution is 2.28. The van der Waals surface area contributed by atoms with Crippen molar-refractivity contribution in [1.82, 2.24) is 4.90 Å². The minimum Gasteiger partial charge on any atom is -0.481 e. The van der Waals surface area contributed by atoms with Crippen LogP contribution in [0.4, 0.5) is 5.69 Å². The van der Waals surface area contributed by atoms with E-state index in [1.54, 1.807) is 0 Å². The molecule has 1 fully saturated rings. The number of carbonyl (C=O) groups is 2. The number of carboxylic acids is 1. The number of nitro groups is 1. The van der Waals surface area contributed by atoms with Gasteiger partial charge < -0.3 is 10.0 Å². The van der Waals surface area contributed by atoms with Crippen LogP contribution in [0.1, 0.15) is 30.1 Å². The number of non-ortho nitro benzene ring substituents is 1. The van der Waals surface area contributed by atoms with Gasteiger partial charge in [0.1, 0.15) is 0 Å². The van der Waals surface area contributed by atoms with Gasteiger partial charge in [0, 0.05) is 29.2 Å². The molecule has 0 radical (unpaired) electrons. The Bertz CT molecular complexity index is 634. The van der Waals surface area contributed by atoms with Crippen molar-refractivity contribution in [2.45, 2.75) is 25.8 Å². The van der Waals surface area contributed by atoms with E-state index in [-0.39, 0.29) is 24.2 Å². The average molecular weight is 371 g/mol. The molecule has 2 atom stereocenters. The van der Waals surface area contributed by atoms with Gasteiger partial charge >= 0.3 is 5.97 Å². The molecular formula is C14H15BrN2O5. The van der Waals surface area contributed by atoms with Gasteiger partial charge in [-0.15, -0.1) is 0 Å².